The van der Waals surface area contributed by atoms with Gasteiger partial charge in [0.25, 0.3) is 5.91 Å². The number of hydrogen-bond donors (Lipinski definition) is 0. The highest BCUT2D eigenvalue weighted by molar-refractivity contribution is 5.92. The Morgan fingerprint density at radius 1 is 1.36 bits per heavy atom. The molecule has 0 spiro atoms. The standard InChI is InChI=1S/C17H19N3O2/c1-22-16-7-3-2-5-13(16)11-14-6-4-10-20(14)17(21)15-12-18-8-9-19-15/h2-3,5,7-9,12,14H,4,6,10-11H2,1H3. The minimum Gasteiger partial charge on any atom is -0.496 e. The van der Waals surface area contributed by atoms with Crippen LogP contribution in [0.2, 0.25) is 0 Å². The third-order valence-electron chi connectivity index (χ3n) is 4.07. The summed E-state index contributed by atoms with van der Waals surface area (Å²) in [6.45, 7) is 0.773. The number of nitrogens with zero attached hydrogens (tertiary/aromatic N) is 3. The Morgan fingerprint density at radius 3 is 3.00 bits per heavy atom. The van der Waals surface area contributed by atoms with Crippen molar-refractivity contribution in [3.8, 4) is 5.75 Å². The molecule has 1 atom stereocenters. The summed E-state index contributed by atoms with van der Waals surface area (Å²) in [6.07, 6.45) is 7.48. The van der Waals surface area contributed by atoms with Crippen LogP contribution in [0.1, 0.15) is 28.9 Å². The number of para-hydroxylation sites is 1. The lowest BCUT2D eigenvalue weighted by molar-refractivity contribution is 0.0729. The zero-order valence-electron chi connectivity index (χ0n) is 12.6. The van der Waals surface area contributed by atoms with Crippen LogP contribution >= 0.6 is 0 Å². The van der Waals surface area contributed by atoms with E-state index in [4.69, 9.17) is 4.74 Å². The number of amides is 1. The molecule has 2 heterocycles. The Bertz CT molecular complexity index is 645. The van der Waals surface area contributed by atoms with Gasteiger partial charge in [0.05, 0.1) is 13.3 Å². The van der Waals surface area contributed by atoms with Gasteiger partial charge in [-0.1, -0.05) is 18.2 Å². The lowest BCUT2D eigenvalue weighted by Gasteiger charge is -2.25. The van der Waals surface area contributed by atoms with Gasteiger partial charge in [-0.15, -0.1) is 0 Å². The van der Waals surface area contributed by atoms with Gasteiger partial charge in [-0.3, -0.25) is 9.78 Å². The lowest BCUT2D eigenvalue weighted by atomic mass is 10.0. The third-order valence-corrected chi connectivity index (χ3v) is 4.07. The summed E-state index contributed by atoms with van der Waals surface area (Å²) in [7, 11) is 1.68. The first-order valence-electron chi connectivity index (χ1n) is 7.48. The highest BCUT2D eigenvalue weighted by Crippen LogP contribution is 2.26. The van der Waals surface area contributed by atoms with Crippen molar-refractivity contribution in [2.45, 2.75) is 25.3 Å². The largest absolute Gasteiger partial charge is 0.496 e. The third kappa shape index (κ3) is 2.93. The van der Waals surface area contributed by atoms with Crippen molar-refractivity contribution < 1.29 is 9.53 Å². The van der Waals surface area contributed by atoms with Crippen LogP contribution in [-0.2, 0) is 6.42 Å². The molecule has 1 aromatic carbocycles. The van der Waals surface area contributed by atoms with E-state index in [-0.39, 0.29) is 11.9 Å². The molecule has 0 saturated carbocycles. The highest BCUT2D eigenvalue weighted by Gasteiger charge is 2.30. The normalized spacial score (nSPS) is 17.5. The number of aromatic nitrogens is 2. The van der Waals surface area contributed by atoms with Crippen molar-refractivity contribution in [2.75, 3.05) is 13.7 Å². The summed E-state index contributed by atoms with van der Waals surface area (Å²) < 4.78 is 5.41. The predicted octanol–water partition coefficient (Wildman–Crippen LogP) is 2.33. The quantitative estimate of drug-likeness (QED) is 0.869. The van der Waals surface area contributed by atoms with Crippen LogP contribution in [-0.4, -0.2) is 40.5 Å². The zero-order valence-corrected chi connectivity index (χ0v) is 12.6. The number of carbonyl (C=O) groups is 1. The Labute approximate surface area is 130 Å². The maximum absolute atomic E-state index is 12.6. The van der Waals surface area contributed by atoms with E-state index in [1.807, 2.05) is 23.1 Å². The molecule has 0 bridgehead atoms. The van der Waals surface area contributed by atoms with Crippen molar-refractivity contribution in [1.29, 1.82) is 0 Å². The van der Waals surface area contributed by atoms with Crippen LogP contribution in [0.25, 0.3) is 0 Å². The molecule has 1 aromatic heterocycles. The van der Waals surface area contributed by atoms with Gasteiger partial charge in [0.1, 0.15) is 11.4 Å². The fourth-order valence-electron chi connectivity index (χ4n) is 3.00. The molecule has 0 aliphatic carbocycles. The molecule has 3 rings (SSSR count). The van der Waals surface area contributed by atoms with E-state index in [1.165, 1.54) is 6.20 Å². The summed E-state index contributed by atoms with van der Waals surface area (Å²) in [4.78, 5) is 22.6. The topological polar surface area (TPSA) is 55.3 Å². The summed E-state index contributed by atoms with van der Waals surface area (Å²) in [5.74, 6) is 0.840. The van der Waals surface area contributed by atoms with Crippen molar-refractivity contribution in [1.82, 2.24) is 14.9 Å². The molecule has 5 nitrogen and oxygen atoms in total. The molecule has 0 radical (unpaired) electrons. The predicted molar refractivity (Wildman–Crippen MR) is 82.8 cm³/mol. The first-order chi connectivity index (χ1) is 10.8. The van der Waals surface area contributed by atoms with Gasteiger partial charge in [-0.2, -0.15) is 0 Å². The average Bonchev–Trinajstić information content (AvgIpc) is 3.03. The van der Waals surface area contributed by atoms with Crippen molar-refractivity contribution in [3.05, 3.63) is 54.1 Å². The molecule has 1 unspecified atom stereocenters. The van der Waals surface area contributed by atoms with Crippen molar-refractivity contribution in [3.63, 3.8) is 0 Å². The number of benzene rings is 1. The first kappa shape index (κ1) is 14.5. The number of hydrogen-bond acceptors (Lipinski definition) is 4. The number of carbonyl (C=O) groups excluding carboxylic acids is 1. The molecule has 1 saturated heterocycles. The van der Waals surface area contributed by atoms with Crippen LogP contribution in [0.4, 0.5) is 0 Å². The summed E-state index contributed by atoms with van der Waals surface area (Å²) in [5.41, 5.74) is 1.54. The van der Waals surface area contributed by atoms with E-state index >= 15 is 0 Å². The average molecular weight is 297 g/mol. The molecule has 1 amide bonds. The molecular formula is C17H19N3O2. The van der Waals surface area contributed by atoms with Gasteiger partial charge >= 0.3 is 0 Å². The SMILES string of the molecule is COc1ccccc1CC1CCCN1C(=O)c1cnccn1. The monoisotopic (exact) mass is 297 g/mol. The molecule has 0 N–H and O–H groups in total. The molecule has 1 aliphatic rings. The molecular weight excluding hydrogens is 278 g/mol. The number of likely N-dealkylation sites (tertiary alicyclic amines) is 1. The Morgan fingerprint density at radius 2 is 2.23 bits per heavy atom. The molecule has 5 heteroatoms. The fraction of sp³-hybridized carbons (Fsp3) is 0.353. The van der Waals surface area contributed by atoms with Gasteiger partial charge in [-0.25, -0.2) is 4.98 Å². The van der Waals surface area contributed by atoms with Crippen LogP contribution in [0.3, 0.4) is 0 Å². The number of rotatable bonds is 4. The van der Waals surface area contributed by atoms with Gasteiger partial charge < -0.3 is 9.64 Å². The molecule has 1 fully saturated rings. The van der Waals surface area contributed by atoms with Crippen molar-refractivity contribution >= 4 is 5.91 Å². The highest BCUT2D eigenvalue weighted by atomic mass is 16.5. The second-order valence-electron chi connectivity index (χ2n) is 5.40. The molecule has 1 aliphatic heterocycles. The van der Waals surface area contributed by atoms with Crippen LogP contribution in [0.5, 0.6) is 5.75 Å². The molecule has 114 valence electrons. The van der Waals surface area contributed by atoms with E-state index < -0.39 is 0 Å². The van der Waals surface area contributed by atoms with Crippen LogP contribution in [0, 0.1) is 0 Å². The zero-order chi connectivity index (χ0) is 15.4. The van der Waals surface area contributed by atoms with E-state index in [9.17, 15) is 4.79 Å². The van der Waals surface area contributed by atoms with E-state index in [2.05, 4.69) is 16.0 Å². The van der Waals surface area contributed by atoms with Crippen LogP contribution in [0.15, 0.2) is 42.9 Å². The first-order valence-corrected chi connectivity index (χ1v) is 7.48. The Balaban J connectivity index is 1.77. The maximum atomic E-state index is 12.6. The summed E-state index contributed by atoms with van der Waals surface area (Å²) >= 11 is 0. The maximum Gasteiger partial charge on any atom is 0.274 e. The van der Waals surface area contributed by atoms with Gasteiger partial charge in [0, 0.05) is 25.0 Å². The smallest absolute Gasteiger partial charge is 0.274 e. The second kappa shape index (κ2) is 6.56. The van der Waals surface area contributed by atoms with Gasteiger partial charge in [-0.05, 0) is 30.9 Å². The van der Waals surface area contributed by atoms with E-state index in [0.29, 0.717) is 5.69 Å². The van der Waals surface area contributed by atoms with E-state index in [0.717, 1.165) is 37.1 Å². The van der Waals surface area contributed by atoms with Gasteiger partial charge in [0.2, 0.25) is 0 Å². The minimum atomic E-state index is -0.0366. The fourth-order valence-corrected chi connectivity index (χ4v) is 3.00. The molecule has 2 aromatic rings. The number of methoxy groups -OCH3 is 1. The lowest BCUT2D eigenvalue weighted by Crippen LogP contribution is -2.37. The summed E-state index contributed by atoms with van der Waals surface area (Å²) in [5, 5.41) is 0. The number of ether oxygens (including phenoxy) is 1. The Hall–Kier alpha value is -2.43. The summed E-state index contributed by atoms with van der Waals surface area (Å²) in [6, 6.07) is 8.16. The van der Waals surface area contributed by atoms with E-state index in [1.54, 1.807) is 19.5 Å². The van der Waals surface area contributed by atoms with Gasteiger partial charge in [0.15, 0.2) is 0 Å². The molecule has 22 heavy (non-hydrogen) atoms. The second-order valence-corrected chi connectivity index (χ2v) is 5.40. The minimum absolute atomic E-state index is 0.0366. The van der Waals surface area contributed by atoms with Crippen molar-refractivity contribution in [2.24, 2.45) is 0 Å². The Kier molecular flexibility index (Phi) is 4.32. The van der Waals surface area contributed by atoms with Crippen LogP contribution < -0.4 is 4.74 Å².